The van der Waals surface area contributed by atoms with Gasteiger partial charge in [-0.05, 0) is 30.3 Å². The minimum absolute atomic E-state index is 0. The van der Waals surface area contributed by atoms with E-state index < -0.39 is 23.4 Å². The highest BCUT2D eigenvalue weighted by molar-refractivity contribution is 6.04. The predicted molar refractivity (Wildman–Crippen MR) is 85.3 cm³/mol. The fourth-order valence-corrected chi connectivity index (χ4v) is 1.94. The highest BCUT2D eigenvalue weighted by Crippen LogP contribution is 2.18. The van der Waals surface area contributed by atoms with Crippen molar-refractivity contribution >= 4 is 24.0 Å². The van der Waals surface area contributed by atoms with Gasteiger partial charge in [-0.3, -0.25) is 4.79 Å². The van der Waals surface area contributed by atoms with Crippen LogP contribution in [0.2, 0.25) is 0 Å². The average Bonchev–Trinajstić information content (AvgIpc) is 2.51. The van der Waals surface area contributed by atoms with Crippen LogP contribution in [-0.4, -0.2) is 12.5 Å². The lowest BCUT2D eigenvalue weighted by Crippen LogP contribution is -2.17. The zero-order valence-electron chi connectivity index (χ0n) is 12.3. The van der Waals surface area contributed by atoms with Crippen molar-refractivity contribution in [3.05, 3.63) is 65.0 Å². The van der Waals surface area contributed by atoms with E-state index in [1.807, 2.05) is 19.1 Å². The molecule has 3 nitrogen and oxygen atoms in total. The van der Waals surface area contributed by atoms with Gasteiger partial charge in [0.25, 0.3) is 5.91 Å². The molecule has 2 rings (SSSR count). The van der Waals surface area contributed by atoms with E-state index in [4.69, 9.17) is 0 Å². The minimum Gasteiger partial charge on any atom is -0.322 e. The molecule has 0 aliphatic rings. The summed E-state index contributed by atoms with van der Waals surface area (Å²) in [5.74, 6) is -5.09. The Morgan fingerprint density at radius 3 is 2.30 bits per heavy atom. The lowest BCUT2D eigenvalue weighted by atomic mass is 10.1. The smallest absolute Gasteiger partial charge is 0.255 e. The van der Waals surface area contributed by atoms with Gasteiger partial charge in [-0.2, -0.15) is 0 Å². The molecule has 23 heavy (non-hydrogen) atoms. The highest BCUT2D eigenvalue weighted by atomic mass is 35.5. The lowest BCUT2D eigenvalue weighted by molar-refractivity contribution is 0.102. The Kier molecular flexibility index (Phi) is 7.06. The van der Waals surface area contributed by atoms with Gasteiger partial charge in [0.05, 0.1) is 0 Å². The monoisotopic (exact) mass is 344 g/mol. The van der Waals surface area contributed by atoms with Gasteiger partial charge in [0.2, 0.25) is 0 Å². The number of nitrogens with one attached hydrogen (secondary N) is 2. The first-order chi connectivity index (χ1) is 10.5. The third-order valence-electron chi connectivity index (χ3n) is 3.08. The second kappa shape index (κ2) is 8.55. The molecule has 2 aromatic carbocycles. The van der Waals surface area contributed by atoms with Crippen LogP contribution in [0, 0.1) is 17.5 Å². The third kappa shape index (κ3) is 4.71. The summed E-state index contributed by atoms with van der Waals surface area (Å²) in [5.41, 5.74) is 1.08. The third-order valence-corrected chi connectivity index (χ3v) is 3.08. The van der Waals surface area contributed by atoms with Crippen molar-refractivity contribution in [2.75, 3.05) is 11.9 Å². The molecule has 2 N–H and O–H groups in total. The molecular weight excluding hydrogens is 329 g/mol. The van der Waals surface area contributed by atoms with Crippen LogP contribution in [0.5, 0.6) is 0 Å². The summed E-state index contributed by atoms with van der Waals surface area (Å²) in [5, 5.41) is 5.70. The quantitative estimate of drug-likeness (QED) is 0.808. The van der Waals surface area contributed by atoms with Crippen LogP contribution in [0.3, 0.4) is 0 Å². The van der Waals surface area contributed by atoms with Crippen molar-refractivity contribution in [2.45, 2.75) is 13.5 Å². The standard InChI is InChI=1S/C16H15F3N2O.ClH/c1-2-20-9-10-5-3-4-6-14(10)21-16(22)11-7-12(17)15(19)13(18)8-11;/h3-8,20H,2,9H2,1H3,(H,21,22);1H. The van der Waals surface area contributed by atoms with Crippen molar-refractivity contribution in [1.29, 1.82) is 0 Å². The van der Waals surface area contributed by atoms with E-state index in [2.05, 4.69) is 10.6 Å². The molecule has 0 aromatic heterocycles. The number of halogens is 4. The van der Waals surface area contributed by atoms with Gasteiger partial charge in [0.1, 0.15) is 0 Å². The highest BCUT2D eigenvalue weighted by Gasteiger charge is 2.16. The molecule has 0 bridgehead atoms. The van der Waals surface area contributed by atoms with Gasteiger partial charge in [0.15, 0.2) is 17.5 Å². The second-order valence-corrected chi connectivity index (χ2v) is 4.65. The van der Waals surface area contributed by atoms with Crippen molar-refractivity contribution < 1.29 is 18.0 Å². The number of para-hydroxylation sites is 1. The van der Waals surface area contributed by atoms with E-state index in [-0.39, 0.29) is 18.0 Å². The number of hydrogen-bond donors (Lipinski definition) is 2. The molecule has 0 spiro atoms. The molecule has 0 heterocycles. The summed E-state index contributed by atoms with van der Waals surface area (Å²) < 4.78 is 39.3. The topological polar surface area (TPSA) is 41.1 Å². The van der Waals surface area contributed by atoms with E-state index in [1.54, 1.807) is 12.1 Å². The fourth-order valence-electron chi connectivity index (χ4n) is 1.94. The SMILES string of the molecule is CCNCc1ccccc1NC(=O)c1cc(F)c(F)c(F)c1.Cl. The van der Waals surface area contributed by atoms with Crippen LogP contribution in [0.1, 0.15) is 22.8 Å². The summed E-state index contributed by atoms with van der Waals surface area (Å²) >= 11 is 0. The van der Waals surface area contributed by atoms with Gasteiger partial charge < -0.3 is 10.6 Å². The Balaban J connectivity index is 0.00000264. The van der Waals surface area contributed by atoms with E-state index in [0.717, 1.165) is 12.1 Å². The molecular formula is C16H16ClF3N2O. The molecule has 0 radical (unpaired) electrons. The van der Waals surface area contributed by atoms with Crippen LogP contribution in [0.25, 0.3) is 0 Å². The van der Waals surface area contributed by atoms with Crippen molar-refractivity contribution in [3.63, 3.8) is 0 Å². The molecule has 7 heteroatoms. The van der Waals surface area contributed by atoms with Crippen LogP contribution in [0.4, 0.5) is 18.9 Å². The van der Waals surface area contributed by atoms with Crippen molar-refractivity contribution in [2.24, 2.45) is 0 Å². The number of hydrogen-bond acceptors (Lipinski definition) is 2. The predicted octanol–water partition coefficient (Wildman–Crippen LogP) is 3.89. The van der Waals surface area contributed by atoms with E-state index in [1.165, 1.54) is 0 Å². The summed E-state index contributed by atoms with van der Waals surface area (Å²) in [6.45, 7) is 3.25. The molecule has 124 valence electrons. The molecule has 0 saturated carbocycles. The zero-order chi connectivity index (χ0) is 16.1. The zero-order valence-corrected chi connectivity index (χ0v) is 13.1. The molecule has 0 aliphatic heterocycles. The lowest BCUT2D eigenvalue weighted by Gasteiger charge is -2.11. The average molecular weight is 345 g/mol. The van der Waals surface area contributed by atoms with Crippen LogP contribution in [0.15, 0.2) is 36.4 Å². The summed E-state index contributed by atoms with van der Waals surface area (Å²) in [6, 6.07) is 8.39. The summed E-state index contributed by atoms with van der Waals surface area (Å²) in [4.78, 5) is 12.1. The van der Waals surface area contributed by atoms with E-state index >= 15 is 0 Å². The fraction of sp³-hybridized carbons (Fsp3) is 0.188. The normalized spacial score (nSPS) is 10.1. The van der Waals surface area contributed by atoms with Gasteiger partial charge in [0, 0.05) is 17.8 Å². The Labute approximate surface area is 138 Å². The van der Waals surface area contributed by atoms with E-state index in [9.17, 15) is 18.0 Å². The first kappa shape index (κ1) is 19.0. The molecule has 0 atom stereocenters. The van der Waals surface area contributed by atoms with Crippen LogP contribution >= 0.6 is 12.4 Å². The molecule has 2 aromatic rings. The second-order valence-electron chi connectivity index (χ2n) is 4.65. The molecule has 0 fully saturated rings. The Morgan fingerprint density at radius 1 is 1.09 bits per heavy atom. The summed E-state index contributed by atoms with van der Waals surface area (Å²) in [7, 11) is 0. The maximum Gasteiger partial charge on any atom is 0.255 e. The number of carbonyl (C=O) groups is 1. The van der Waals surface area contributed by atoms with E-state index in [0.29, 0.717) is 24.4 Å². The maximum absolute atomic E-state index is 13.2. The molecule has 0 saturated heterocycles. The van der Waals surface area contributed by atoms with Gasteiger partial charge in [-0.25, -0.2) is 13.2 Å². The van der Waals surface area contributed by atoms with Crippen molar-refractivity contribution in [3.8, 4) is 0 Å². The maximum atomic E-state index is 13.2. The van der Waals surface area contributed by atoms with Crippen molar-refractivity contribution in [1.82, 2.24) is 5.32 Å². The Bertz CT molecular complexity index is 672. The molecule has 0 aliphatic carbocycles. The largest absolute Gasteiger partial charge is 0.322 e. The number of anilines is 1. The number of benzene rings is 2. The molecule has 1 amide bonds. The first-order valence-electron chi connectivity index (χ1n) is 6.77. The van der Waals surface area contributed by atoms with Gasteiger partial charge in [-0.1, -0.05) is 25.1 Å². The van der Waals surface area contributed by atoms with Gasteiger partial charge in [-0.15, -0.1) is 12.4 Å². The molecule has 0 unspecified atom stereocenters. The first-order valence-corrected chi connectivity index (χ1v) is 6.77. The summed E-state index contributed by atoms with van der Waals surface area (Å²) in [6.07, 6.45) is 0. The Hall–Kier alpha value is -2.05. The van der Waals surface area contributed by atoms with Gasteiger partial charge >= 0.3 is 0 Å². The minimum atomic E-state index is -1.59. The number of amides is 1. The number of carbonyl (C=O) groups excluding carboxylic acids is 1. The Morgan fingerprint density at radius 2 is 1.70 bits per heavy atom. The van der Waals surface area contributed by atoms with Crippen LogP contribution in [-0.2, 0) is 6.54 Å². The number of rotatable bonds is 5. The van der Waals surface area contributed by atoms with Crippen LogP contribution < -0.4 is 10.6 Å².